The molecule has 5 nitrogen and oxygen atoms in total. The number of carboxylic acid groups (broad SMARTS) is 1. The van der Waals surface area contributed by atoms with Gasteiger partial charge >= 0.3 is 5.97 Å². The number of hydrogen-bond donors (Lipinski definition) is 1. The van der Waals surface area contributed by atoms with Crippen LogP contribution in [-0.2, 0) is 7.05 Å². The number of hydrogen-bond acceptors (Lipinski definition) is 3. The number of aromatic carboxylic acids is 1. The Hall–Kier alpha value is -1.88. The second kappa shape index (κ2) is 3.94. The standard InChI is InChI=1S/C10H8ClN3O2/c1-14-5-7(10(15)16)13-9(14)8-6(11)3-2-4-12-8/h2-5H,1H3,(H,15,16). The highest BCUT2D eigenvalue weighted by Gasteiger charge is 2.15. The molecule has 2 heterocycles. The topological polar surface area (TPSA) is 68.0 Å². The van der Waals surface area contributed by atoms with Gasteiger partial charge in [0.15, 0.2) is 11.5 Å². The predicted molar refractivity (Wildman–Crippen MR) is 58.4 cm³/mol. The Kier molecular flexibility index (Phi) is 2.62. The fraction of sp³-hybridized carbons (Fsp3) is 0.100. The Morgan fingerprint density at radius 2 is 2.31 bits per heavy atom. The van der Waals surface area contributed by atoms with E-state index in [9.17, 15) is 4.79 Å². The molecule has 2 aromatic heterocycles. The maximum Gasteiger partial charge on any atom is 0.356 e. The average molecular weight is 238 g/mol. The molecule has 6 heteroatoms. The van der Waals surface area contributed by atoms with Gasteiger partial charge in [-0.3, -0.25) is 4.98 Å². The van der Waals surface area contributed by atoms with Gasteiger partial charge in [-0.05, 0) is 12.1 Å². The minimum atomic E-state index is -1.08. The lowest BCUT2D eigenvalue weighted by Gasteiger charge is -2.01. The molecule has 0 fully saturated rings. The number of carbonyl (C=O) groups is 1. The first-order chi connectivity index (χ1) is 7.59. The summed E-state index contributed by atoms with van der Waals surface area (Å²) in [4.78, 5) is 18.8. The first-order valence-electron chi connectivity index (χ1n) is 4.47. The highest BCUT2D eigenvalue weighted by Crippen LogP contribution is 2.23. The Bertz CT molecular complexity index is 551. The quantitative estimate of drug-likeness (QED) is 0.865. The van der Waals surface area contributed by atoms with Gasteiger partial charge in [0.1, 0.15) is 5.69 Å². The van der Waals surface area contributed by atoms with Gasteiger partial charge in [0.25, 0.3) is 0 Å². The molecule has 0 unspecified atom stereocenters. The van der Waals surface area contributed by atoms with Crippen LogP contribution in [0, 0.1) is 0 Å². The summed E-state index contributed by atoms with van der Waals surface area (Å²) < 4.78 is 1.58. The van der Waals surface area contributed by atoms with Crippen molar-refractivity contribution in [3.8, 4) is 11.5 Å². The molecule has 0 aliphatic carbocycles. The van der Waals surface area contributed by atoms with Crippen LogP contribution in [-0.4, -0.2) is 25.6 Å². The Morgan fingerprint density at radius 1 is 1.56 bits per heavy atom. The third-order valence-corrected chi connectivity index (χ3v) is 2.37. The van der Waals surface area contributed by atoms with Crippen molar-refractivity contribution in [2.75, 3.05) is 0 Å². The summed E-state index contributed by atoms with van der Waals surface area (Å²) in [6, 6.07) is 3.38. The number of aromatic nitrogens is 3. The minimum Gasteiger partial charge on any atom is -0.476 e. The zero-order valence-corrected chi connectivity index (χ0v) is 9.14. The Balaban J connectivity index is 2.57. The van der Waals surface area contributed by atoms with Gasteiger partial charge in [-0.25, -0.2) is 9.78 Å². The van der Waals surface area contributed by atoms with E-state index in [1.807, 2.05) is 0 Å². The van der Waals surface area contributed by atoms with Crippen LogP contribution in [0.25, 0.3) is 11.5 Å². The first kappa shape index (κ1) is 10.6. The summed E-state index contributed by atoms with van der Waals surface area (Å²) in [5.41, 5.74) is 0.443. The molecule has 0 atom stereocenters. The third kappa shape index (κ3) is 1.77. The van der Waals surface area contributed by atoms with Gasteiger partial charge in [0.05, 0.1) is 5.02 Å². The van der Waals surface area contributed by atoms with E-state index in [4.69, 9.17) is 16.7 Å². The molecular weight excluding hydrogens is 230 g/mol. The van der Waals surface area contributed by atoms with Crippen LogP contribution in [0.2, 0.25) is 5.02 Å². The Labute approximate surface area is 96.3 Å². The van der Waals surface area contributed by atoms with Crippen molar-refractivity contribution in [3.63, 3.8) is 0 Å². The molecule has 82 valence electrons. The number of nitrogens with zero attached hydrogens (tertiary/aromatic N) is 3. The molecule has 0 radical (unpaired) electrons. The van der Waals surface area contributed by atoms with Crippen LogP contribution in [0.15, 0.2) is 24.5 Å². The van der Waals surface area contributed by atoms with E-state index in [-0.39, 0.29) is 5.69 Å². The average Bonchev–Trinajstić information content (AvgIpc) is 2.61. The second-order valence-electron chi connectivity index (χ2n) is 3.20. The predicted octanol–water partition coefficient (Wildman–Crippen LogP) is 1.83. The number of pyridine rings is 1. The summed E-state index contributed by atoms with van der Waals surface area (Å²) in [5, 5.41) is 9.25. The molecule has 0 spiro atoms. The highest BCUT2D eigenvalue weighted by atomic mass is 35.5. The Morgan fingerprint density at radius 3 is 2.88 bits per heavy atom. The fourth-order valence-corrected chi connectivity index (χ4v) is 1.55. The molecule has 2 aromatic rings. The van der Waals surface area contributed by atoms with Crippen molar-refractivity contribution in [2.45, 2.75) is 0 Å². The molecule has 1 N–H and O–H groups in total. The molecule has 0 aromatic carbocycles. The zero-order chi connectivity index (χ0) is 11.7. The lowest BCUT2D eigenvalue weighted by Crippen LogP contribution is -1.96. The van der Waals surface area contributed by atoms with Crippen LogP contribution in [0.1, 0.15) is 10.5 Å². The lowest BCUT2D eigenvalue weighted by atomic mass is 10.3. The number of rotatable bonds is 2. The minimum absolute atomic E-state index is 0.0285. The van der Waals surface area contributed by atoms with E-state index in [0.29, 0.717) is 16.5 Å². The molecule has 0 aliphatic rings. The van der Waals surface area contributed by atoms with E-state index >= 15 is 0 Å². The van der Waals surface area contributed by atoms with Crippen LogP contribution < -0.4 is 0 Å². The lowest BCUT2D eigenvalue weighted by molar-refractivity contribution is 0.0691. The molecular formula is C10H8ClN3O2. The van der Waals surface area contributed by atoms with Crippen LogP contribution in [0.4, 0.5) is 0 Å². The molecule has 16 heavy (non-hydrogen) atoms. The second-order valence-corrected chi connectivity index (χ2v) is 3.61. The van der Waals surface area contributed by atoms with Crippen LogP contribution in [0.3, 0.4) is 0 Å². The molecule has 0 bridgehead atoms. The normalized spacial score (nSPS) is 10.4. The van der Waals surface area contributed by atoms with Crippen molar-refractivity contribution in [1.29, 1.82) is 0 Å². The molecule has 0 saturated carbocycles. The third-order valence-electron chi connectivity index (χ3n) is 2.07. The van der Waals surface area contributed by atoms with E-state index in [1.54, 1.807) is 29.9 Å². The summed E-state index contributed by atoms with van der Waals surface area (Å²) in [5.74, 6) is -0.642. The first-order valence-corrected chi connectivity index (χ1v) is 4.85. The van der Waals surface area contributed by atoms with Gasteiger partial charge in [-0.1, -0.05) is 11.6 Å². The van der Waals surface area contributed by atoms with Crippen LogP contribution in [0.5, 0.6) is 0 Å². The summed E-state index contributed by atoms with van der Waals surface area (Å²) >= 11 is 5.96. The van der Waals surface area contributed by atoms with E-state index < -0.39 is 5.97 Å². The maximum absolute atomic E-state index is 10.8. The number of carboxylic acids is 1. The van der Waals surface area contributed by atoms with Crippen molar-refractivity contribution in [2.24, 2.45) is 7.05 Å². The summed E-state index contributed by atoms with van der Waals surface area (Å²) in [7, 11) is 1.69. The van der Waals surface area contributed by atoms with Gasteiger partial charge < -0.3 is 9.67 Å². The van der Waals surface area contributed by atoms with Crippen molar-refractivity contribution >= 4 is 17.6 Å². The number of imidazole rings is 1. The molecule has 2 rings (SSSR count). The summed E-state index contributed by atoms with van der Waals surface area (Å²) in [6.45, 7) is 0. The number of aryl methyl sites for hydroxylation is 1. The smallest absolute Gasteiger partial charge is 0.356 e. The molecule has 0 saturated heterocycles. The zero-order valence-electron chi connectivity index (χ0n) is 8.38. The SMILES string of the molecule is Cn1cc(C(=O)O)nc1-c1ncccc1Cl. The van der Waals surface area contributed by atoms with Gasteiger partial charge in [0, 0.05) is 19.4 Å². The van der Waals surface area contributed by atoms with Crippen molar-refractivity contribution in [1.82, 2.24) is 14.5 Å². The van der Waals surface area contributed by atoms with Gasteiger partial charge in [-0.2, -0.15) is 0 Å². The van der Waals surface area contributed by atoms with Crippen LogP contribution >= 0.6 is 11.6 Å². The highest BCUT2D eigenvalue weighted by molar-refractivity contribution is 6.32. The van der Waals surface area contributed by atoms with Gasteiger partial charge in [-0.15, -0.1) is 0 Å². The fourth-order valence-electron chi connectivity index (χ4n) is 1.34. The molecule has 0 amide bonds. The van der Waals surface area contributed by atoms with Crippen molar-refractivity contribution in [3.05, 3.63) is 35.2 Å². The van der Waals surface area contributed by atoms with E-state index in [1.165, 1.54) is 6.20 Å². The van der Waals surface area contributed by atoms with E-state index in [0.717, 1.165) is 0 Å². The van der Waals surface area contributed by atoms with Crippen molar-refractivity contribution < 1.29 is 9.90 Å². The van der Waals surface area contributed by atoms with E-state index in [2.05, 4.69) is 9.97 Å². The maximum atomic E-state index is 10.8. The number of halogens is 1. The monoisotopic (exact) mass is 237 g/mol. The summed E-state index contributed by atoms with van der Waals surface area (Å²) in [6.07, 6.45) is 3.00. The molecule has 0 aliphatic heterocycles. The largest absolute Gasteiger partial charge is 0.476 e. The van der Waals surface area contributed by atoms with Gasteiger partial charge in [0.2, 0.25) is 0 Å².